The minimum atomic E-state index is -0.786. The van der Waals surface area contributed by atoms with Gasteiger partial charge in [0.25, 0.3) is 0 Å². The first-order valence-corrected chi connectivity index (χ1v) is 5.89. The quantitative estimate of drug-likeness (QED) is 0.914. The number of benzene rings is 2. The molecule has 2 aromatic carbocycles. The summed E-state index contributed by atoms with van der Waals surface area (Å²) in [5, 5.41) is 16.6. The molecule has 3 heteroatoms. The Balaban J connectivity index is 0.000000191. The highest BCUT2D eigenvalue weighted by Gasteiger charge is 1.96. The van der Waals surface area contributed by atoms with E-state index in [2.05, 4.69) is 6.07 Å². The van der Waals surface area contributed by atoms with E-state index < -0.39 is 5.97 Å². The van der Waals surface area contributed by atoms with Gasteiger partial charge in [-0.25, -0.2) is 0 Å². The third kappa shape index (κ3) is 6.64. The Labute approximate surface area is 112 Å². The highest BCUT2D eigenvalue weighted by Crippen LogP contribution is 1.98. The molecule has 0 bridgehead atoms. The lowest BCUT2D eigenvalue weighted by Crippen LogP contribution is -1.98. The minimum Gasteiger partial charge on any atom is -0.481 e. The van der Waals surface area contributed by atoms with E-state index in [1.165, 1.54) is 0 Å². The summed E-state index contributed by atoms with van der Waals surface area (Å²) < 4.78 is 0. The van der Waals surface area contributed by atoms with Gasteiger partial charge < -0.3 is 5.11 Å². The van der Waals surface area contributed by atoms with Gasteiger partial charge in [-0.2, -0.15) is 5.26 Å². The summed E-state index contributed by atoms with van der Waals surface area (Å²) in [7, 11) is 0. The van der Waals surface area contributed by atoms with Gasteiger partial charge in [0.05, 0.1) is 18.9 Å². The number of hydrogen-bond donors (Lipinski definition) is 1. The van der Waals surface area contributed by atoms with E-state index in [1.807, 2.05) is 48.5 Å². The summed E-state index contributed by atoms with van der Waals surface area (Å²) in [6.07, 6.45) is 0.627. The van der Waals surface area contributed by atoms with Gasteiger partial charge in [0, 0.05) is 0 Å². The first kappa shape index (κ1) is 14.5. The molecule has 0 spiro atoms. The summed E-state index contributed by atoms with van der Waals surface area (Å²) >= 11 is 0. The summed E-state index contributed by atoms with van der Waals surface area (Å²) in [5.74, 6) is -0.786. The predicted molar refractivity (Wildman–Crippen MR) is 73.5 cm³/mol. The molecule has 0 aliphatic heterocycles. The number of carbonyl (C=O) groups is 1. The molecule has 0 amide bonds. The van der Waals surface area contributed by atoms with Crippen LogP contribution in [0.1, 0.15) is 11.1 Å². The molecule has 0 unspecified atom stereocenters. The summed E-state index contributed by atoms with van der Waals surface area (Å²) in [6, 6.07) is 20.9. The van der Waals surface area contributed by atoms with Crippen LogP contribution in [-0.4, -0.2) is 11.1 Å². The zero-order valence-corrected chi connectivity index (χ0v) is 10.5. The van der Waals surface area contributed by atoms with Gasteiger partial charge in [0.1, 0.15) is 0 Å². The minimum absolute atomic E-state index is 0.112. The number of hydrogen-bond acceptors (Lipinski definition) is 2. The number of carboxylic acids is 1. The summed E-state index contributed by atoms with van der Waals surface area (Å²) in [4.78, 5) is 10.2. The Morgan fingerprint density at radius 1 is 0.947 bits per heavy atom. The number of nitrogens with zero attached hydrogens (tertiary/aromatic N) is 1. The lowest BCUT2D eigenvalue weighted by atomic mass is 10.2. The molecule has 0 aliphatic rings. The van der Waals surface area contributed by atoms with Crippen LogP contribution in [-0.2, 0) is 17.6 Å². The third-order valence-corrected chi connectivity index (χ3v) is 2.32. The van der Waals surface area contributed by atoms with Crippen molar-refractivity contribution in [1.29, 1.82) is 5.26 Å². The van der Waals surface area contributed by atoms with Crippen LogP contribution in [0.25, 0.3) is 0 Å². The fourth-order valence-corrected chi connectivity index (χ4v) is 1.46. The van der Waals surface area contributed by atoms with Gasteiger partial charge in [-0.3, -0.25) is 4.79 Å². The molecule has 0 saturated heterocycles. The average Bonchev–Trinajstić information content (AvgIpc) is 2.41. The Kier molecular flexibility index (Phi) is 6.46. The largest absolute Gasteiger partial charge is 0.481 e. The van der Waals surface area contributed by atoms with Crippen molar-refractivity contribution in [2.24, 2.45) is 0 Å². The van der Waals surface area contributed by atoms with Crippen LogP contribution in [0.2, 0.25) is 0 Å². The van der Waals surface area contributed by atoms with Crippen molar-refractivity contribution in [1.82, 2.24) is 0 Å². The van der Waals surface area contributed by atoms with E-state index in [0.717, 1.165) is 11.1 Å². The van der Waals surface area contributed by atoms with Gasteiger partial charge in [-0.1, -0.05) is 60.7 Å². The zero-order chi connectivity index (χ0) is 13.9. The van der Waals surface area contributed by atoms with Crippen LogP contribution in [0.4, 0.5) is 0 Å². The highest BCUT2D eigenvalue weighted by atomic mass is 16.4. The molecule has 2 rings (SSSR count). The van der Waals surface area contributed by atoms with E-state index >= 15 is 0 Å². The van der Waals surface area contributed by atoms with Gasteiger partial charge in [0.15, 0.2) is 0 Å². The molecular weight excluding hydrogens is 238 g/mol. The molecule has 0 aliphatic carbocycles. The van der Waals surface area contributed by atoms with E-state index in [4.69, 9.17) is 10.4 Å². The fraction of sp³-hybridized carbons (Fsp3) is 0.125. The van der Waals surface area contributed by atoms with E-state index in [9.17, 15) is 4.79 Å². The standard InChI is InChI=1S/C8H7N.C8H8O2/c9-7-6-8-4-2-1-3-5-8;9-8(10)6-7-4-2-1-3-5-7/h1-5H,6H2;1-5H,6H2,(H,9,10). The smallest absolute Gasteiger partial charge is 0.307 e. The summed E-state index contributed by atoms with van der Waals surface area (Å²) in [6.45, 7) is 0. The first-order chi connectivity index (χ1) is 9.22. The molecule has 0 fully saturated rings. The van der Waals surface area contributed by atoms with E-state index in [0.29, 0.717) is 6.42 Å². The molecule has 0 atom stereocenters. The Morgan fingerprint density at radius 2 is 1.42 bits per heavy atom. The second kappa shape index (κ2) is 8.48. The monoisotopic (exact) mass is 253 g/mol. The van der Waals surface area contributed by atoms with Crippen molar-refractivity contribution in [3.8, 4) is 6.07 Å². The van der Waals surface area contributed by atoms with Crippen molar-refractivity contribution in [3.05, 3.63) is 71.8 Å². The molecule has 19 heavy (non-hydrogen) atoms. The SMILES string of the molecule is N#CCc1ccccc1.O=C(O)Cc1ccccc1. The molecule has 2 aromatic rings. The Bertz CT molecular complexity index is 530. The van der Waals surface area contributed by atoms with Crippen LogP contribution in [0.15, 0.2) is 60.7 Å². The molecule has 1 N–H and O–H groups in total. The summed E-state index contributed by atoms with van der Waals surface area (Å²) in [5.41, 5.74) is 1.93. The van der Waals surface area contributed by atoms with Crippen LogP contribution < -0.4 is 0 Å². The topological polar surface area (TPSA) is 61.1 Å². The predicted octanol–water partition coefficient (Wildman–Crippen LogP) is 3.07. The fourth-order valence-electron chi connectivity index (χ4n) is 1.46. The number of aliphatic carboxylic acids is 1. The number of carboxylic acid groups (broad SMARTS) is 1. The molecule has 0 saturated carbocycles. The van der Waals surface area contributed by atoms with Crippen molar-refractivity contribution in [3.63, 3.8) is 0 Å². The van der Waals surface area contributed by atoms with Crippen LogP contribution in [0.5, 0.6) is 0 Å². The molecule has 0 heterocycles. The van der Waals surface area contributed by atoms with Gasteiger partial charge in [-0.05, 0) is 11.1 Å². The highest BCUT2D eigenvalue weighted by molar-refractivity contribution is 5.70. The number of rotatable bonds is 3. The van der Waals surface area contributed by atoms with Gasteiger partial charge in [0.2, 0.25) is 0 Å². The van der Waals surface area contributed by atoms with Crippen LogP contribution in [0, 0.1) is 11.3 Å². The molecule has 0 radical (unpaired) electrons. The van der Waals surface area contributed by atoms with Crippen molar-refractivity contribution in [2.45, 2.75) is 12.8 Å². The molecule has 96 valence electrons. The van der Waals surface area contributed by atoms with Crippen LogP contribution in [0.3, 0.4) is 0 Å². The lowest BCUT2D eigenvalue weighted by molar-refractivity contribution is -0.136. The normalized spacial score (nSPS) is 8.79. The van der Waals surface area contributed by atoms with Crippen molar-refractivity contribution >= 4 is 5.97 Å². The zero-order valence-electron chi connectivity index (χ0n) is 10.5. The average molecular weight is 253 g/mol. The second-order valence-corrected chi connectivity index (χ2v) is 3.88. The Morgan fingerprint density at radius 3 is 1.84 bits per heavy atom. The van der Waals surface area contributed by atoms with Crippen LogP contribution >= 0.6 is 0 Å². The van der Waals surface area contributed by atoms with Gasteiger partial charge >= 0.3 is 5.97 Å². The number of nitriles is 1. The van der Waals surface area contributed by atoms with Crippen molar-refractivity contribution in [2.75, 3.05) is 0 Å². The maximum atomic E-state index is 10.2. The second-order valence-electron chi connectivity index (χ2n) is 3.88. The Hall–Kier alpha value is -2.60. The molecule has 0 aromatic heterocycles. The maximum absolute atomic E-state index is 10.2. The maximum Gasteiger partial charge on any atom is 0.307 e. The third-order valence-electron chi connectivity index (χ3n) is 2.32. The van der Waals surface area contributed by atoms with E-state index in [1.54, 1.807) is 12.1 Å². The van der Waals surface area contributed by atoms with E-state index in [-0.39, 0.29) is 6.42 Å². The lowest BCUT2D eigenvalue weighted by Gasteiger charge is -1.92. The van der Waals surface area contributed by atoms with Crippen molar-refractivity contribution < 1.29 is 9.90 Å². The molecule has 3 nitrogen and oxygen atoms in total. The van der Waals surface area contributed by atoms with Gasteiger partial charge in [-0.15, -0.1) is 0 Å². The molecular formula is C16H15NO2. The first-order valence-electron chi connectivity index (χ1n) is 5.89.